The van der Waals surface area contributed by atoms with Crippen molar-refractivity contribution in [3.05, 3.63) is 47.7 Å². The second-order valence-electron chi connectivity index (χ2n) is 2.29. The van der Waals surface area contributed by atoms with Gasteiger partial charge in [-0.1, -0.05) is 30.3 Å². The third kappa shape index (κ3) is 1.85. The average Bonchev–Trinajstić information content (AvgIpc) is 2.15. The smallest absolute Gasteiger partial charge is 0.108 e. The van der Waals surface area contributed by atoms with Crippen molar-refractivity contribution in [2.24, 2.45) is 0 Å². The number of hydrogen-bond donors (Lipinski definition) is 0. The topological polar surface area (TPSA) is 23.8 Å². The molecule has 0 saturated heterocycles. The van der Waals surface area contributed by atoms with E-state index < -0.39 is 0 Å². The Kier molecular flexibility index (Phi) is 2.90. The molecular formula is C11H9N. The monoisotopic (exact) mass is 155 g/mol. The van der Waals surface area contributed by atoms with E-state index in [1.807, 2.05) is 37.3 Å². The van der Waals surface area contributed by atoms with Gasteiger partial charge in [0, 0.05) is 5.56 Å². The minimum absolute atomic E-state index is 0.582. The lowest BCUT2D eigenvalue weighted by atomic mass is 10.1. The molecule has 0 aliphatic carbocycles. The molecule has 1 aromatic rings. The fourth-order valence-electron chi connectivity index (χ4n) is 0.929. The summed E-state index contributed by atoms with van der Waals surface area (Å²) in [5.74, 6) is 0. The first-order chi connectivity index (χ1) is 5.88. The molecule has 0 N–H and O–H groups in total. The van der Waals surface area contributed by atoms with Crippen molar-refractivity contribution < 1.29 is 0 Å². The molecule has 0 bridgehead atoms. The van der Waals surface area contributed by atoms with Crippen LogP contribution in [0.15, 0.2) is 42.1 Å². The zero-order valence-corrected chi connectivity index (χ0v) is 6.91. The van der Waals surface area contributed by atoms with Crippen molar-refractivity contribution in [2.75, 3.05) is 0 Å². The van der Waals surface area contributed by atoms with Gasteiger partial charge in [-0.25, -0.2) is 0 Å². The normalized spacial score (nSPS) is 8.00. The molecule has 0 aromatic heterocycles. The van der Waals surface area contributed by atoms with Crippen LogP contribution in [0.5, 0.6) is 0 Å². The summed E-state index contributed by atoms with van der Waals surface area (Å²) in [6.45, 7) is 1.85. The molecule has 1 aromatic carbocycles. The van der Waals surface area contributed by atoms with Gasteiger partial charge in [0.05, 0.1) is 0 Å². The predicted octanol–water partition coefficient (Wildman–Crippen LogP) is 2.77. The van der Waals surface area contributed by atoms with Crippen molar-refractivity contribution in [3.63, 3.8) is 0 Å². The second-order valence-corrected chi connectivity index (χ2v) is 2.29. The highest BCUT2D eigenvalue weighted by molar-refractivity contribution is 5.75. The lowest BCUT2D eigenvalue weighted by molar-refractivity contribution is 1.52. The summed E-state index contributed by atoms with van der Waals surface area (Å²) < 4.78 is 0. The predicted molar refractivity (Wildman–Crippen MR) is 49.2 cm³/mol. The molecule has 0 amide bonds. The minimum atomic E-state index is 0.582. The lowest BCUT2D eigenvalue weighted by Crippen LogP contribution is -1.76. The van der Waals surface area contributed by atoms with Gasteiger partial charge in [0.25, 0.3) is 0 Å². The highest BCUT2D eigenvalue weighted by Crippen LogP contribution is 2.10. The number of nitriles is 1. The summed E-state index contributed by atoms with van der Waals surface area (Å²) in [4.78, 5) is 0. The quantitative estimate of drug-likeness (QED) is 0.452. The first-order valence-electron chi connectivity index (χ1n) is 3.75. The Balaban J connectivity index is 3.16. The van der Waals surface area contributed by atoms with E-state index in [2.05, 4.69) is 11.8 Å². The summed E-state index contributed by atoms with van der Waals surface area (Å²) in [7, 11) is 0. The van der Waals surface area contributed by atoms with Gasteiger partial charge < -0.3 is 0 Å². The molecule has 0 aliphatic heterocycles. The van der Waals surface area contributed by atoms with Crippen LogP contribution in [0.2, 0.25) is 0 Å². The molecule has 12 heavy (non-hydrogen) atoms. The molecule has 1 heteroatoms. The lowest BCUT2D eigenvalue weighted by Gasteiger charge is -1.92. The van der Waals surface area contributed by atoms with Gasteiger partial charge in [-0.15, -0.1) is 5.73 Å². The van der Waals surface area contributed by atoms with Gasteiger partial charge in [0.15, 0.2) is 0 Å². The van der Waals surface area contributed by atoms with Crippen molar-refractivity contribution in [3.8, 4) is 6.07 Å². The van der Waals surface area contributed by atoms with Gasteiger partial charge >= 0.3 is 0 Å². The molecule has 0 spiro atoms. The molecule has 0 radical (unpaired) electrons. The Morgan fingerprint density at radius 2 is 2.00 bits per heavy atom. The molecule has 0 atom stereocenters. The van der Waals surface area contributed by atoms with E-state index in [0.29, 0.717) is 5.57 Å². The molecule has 1 nitrogen and oxygen atoms in total. The summed E-state index contributed by atoms with van der Waals surface area (Å²) in [6.07, 6.45) is 1.74. The Morgan fingerprint density at radius 3 is 2.50 bits per heavy atom. The van der Waals surface area contributed by atoms with E-state index >= 15 is 0 Å². The zero-order chi connectivity index (χ0) is 8.81. The number of benzene rings is 1. The van der Waals surface area contributed by atoms with Crippen molar-refractivity contribution in [1.82, 2.24) is 0 Å². The summed E-state index contributed by atoms with van der Waals surface area (Å²) in [6, 6.07) is 11.6. The van der Waals surface area contributed by atoms with Crippen LogP contribution in [-0.4, -0.2) is 0 Å². The van der Waals surface area contributed by atoms with Crippen molar-refractivity contribution in [2.45, 2.75) is 6.92 Å². The number of hydrogen-bond acceptors (Lipinski definition) is 1. The first kappa shape index (κ1) is 8.33. The van der Waals surface area contributed by atoms with Crippen LogP contribution in [-0.2, 0) is 0 Å². The molecule has 58 valence electrons. The highest BCUT2D eigenvalue weighted by Gasteiger charge is 1.95. The highest BCUT2D eigenvalue weighted by atomic mass is 14.2. The van der Waals surface area contributed by atoms with Crippen LogP contribution in [0.4, 0.5) is 0 Å². The Labute approximate surface area is 72.3 Å². The van der Waals surface area contributed by atoms with Crippen molar-refractivity contribution in [1.29, 1.82) is 5.26 Å². The third-order valence-corrected chi connectivity index (χ3v) is 1.46. The van der Waals surface area contributed by atoms with E-state index in [-0.39, 0.29) is 0 Å². The molecule has 0 heterocycles. The molecular weight excluding hydrogens is 146 g/mol. The maximum absolute atomic E-state index is 8.74. The molecule has 0 saturated carbocycles. The Morgan fingerprint density at radius 1 is 1.33 bits per heavy atom. The summed E-state index contributed by atoms with van der Waals surface area (Å²) in [5, 5.41) is 8.74. The van der Waals surface area contributed by atoms with E-state index in [9.17, 15) is 0 Å². The van der Waals surface area contributed by atoms with Crippen LogP contribution in [0, 0.1) is 11.3 Å². The zero-order valence-electron chi connectivity index (χ0n) is 6.91. The van der Waals surface area contributed by atoms with Crippen LogP contribution in [0.25, 0.3) is 5.57 Å². The first-order valence-corrected chi connectivity index (χ1v) is 3.75. The summed E-state index contributed by atoms with van der Waals surface area (Å²) in [5.41, 5.74) is 4.38. The van der Waals surface area contributed by atoms with E-state index in [0.717, 1.165) is 5.56 Å². The molecule has 0 aliphatic rings. The maximum atomic E-state index is 8.74. The summed E-state index contributed by atoms with van der Waals surface area (Å²) >= 11 is 0. The average molecular weight is 155 g/mol. The molecule has 0 fully saturated rings. The van der Waals surface area contributed by atoms with Gasteiger partial charge in [-0.05, 0) is 13.0 Å². The van der Waals surface area contributed by atoms with Gasteiger partial charge in [0.2, 0.25) is 0 Å². The van der Waals surface area contributed by atoms with Crippen LogP contribution < -0.4 is 0 Å². The second kappa shape index (κ2) is 4.18. The van der Waals surface area contributed by atoms with E-state index in [4.69, 9.17) is 5.26 Å². The standard InChI is InChI=1S/C11H9N/c1-2-6-11(9-12)10-7-4-3-5-8-10/h2-5,7-8H,1H3. The van der Waals surface area contributed by atoms with Gasteiger partial charge in [-0.3, -0.25) is 0 Å². The van der Waals surface area contributed by atoms with Crippen LogP contribution in [0.3, 0.4) is 0 Å². The van der Waals surface area contributed by atoms with E-state index in [1.165, 1.54) is 0 Å². The van der Waals surface area contributed by atoms with Crippen molar-refractivity contribution >= 4 is 5.57 Å². The fraction of sp³-hybridized carbons (Fsp3) is 0.0909. The van der Waals surface area contributed by atoms with Crippen LogP contribution in [0.1, 0.15) is 12.5 Å². The van der Waals surface area contributed by atoms with E-state index in [1.54, 1.807) is 6.08 Å². The maximum Gasteiger partial charge on any atom is 0.108 e. The third-order valence-electron chi connectivity index (χ3n) is 1.46. The SMILES string of the molecule is CC=C=C(C#N)c1ccccc1. The fourth-order valence-corrected chi connectivity index (χ4v) is 0.929. The minimum Gasteiger partial charge on any atom is -0.192 e. The molecule has 1 rings (SSSR count). The van der Waals surface area contributed by atoms with Crippen LogP contribution >= 0.6 is 0 Å². The number of rotatable bonds is 1. The Hall–Kier alpha value is -1.77. The number of allylic oxidation sites excluding steroid dienone is 1. The Bertz CT molecular complexity index is 348. The largest absolute Gasteiger partial charge is 0.192 e. The van der Waals surface area contributed by atoms with Gasteiger partial charge in [-0.2, -0.15) is 5.26 Å². The van der Waals surface area contributed by atoms with Gasteiger partial charge in [0.1, 0.15) is 11.6 Å². The molecule has 0 unspecified atom stereocenters. The number of nitrogens with zero attached hydrogens (tertiary/aromatic N) is 1.